The minimum absolute atomic E-state index is 0.0703. The highest BCUT2D eigenvalue weighted by Gasteiger charge is 2.17. The molecule has 0 aliphatic carbocycles. The van der Waals surface area contributed by atoms with Crippen LogP contribution in [-0.2, 0) is 0 Å². The lowest BCUT2D eigenvalue weighted by molar-refractivity contribution is 0.339. The maximum Gasteiger partial charge on any atom is 0.124 e. The van der Waals surface area contributed by atoms with E-state index in [0.717, 1.165) is 22.6 Å². The summed E-state index contributed by atoms with van der Waals surface area (Å²) in [6, 6.07) is 14.5. The summed E-state index contributed by atoms with van der Waals surface area (Å²) in [6.45, 7) is 4.73. The van der Waals surface area contributed by atoms with Gasteiger partial charge in [-0.15, -0.1) is 0 Å². The predicted molar refractivity (Wildman–Crippen MR) is 86.2 cm³/mol. The van der Waals surface area contributed by atoms with Crippen LogP contribution >= 0.6 is 0 Å². The monoisotopic (exact) mass is 285 g/mol. The van der Waals surface area contributed by atoms with Crippen molar-refractivity contribution in [1.82, 2.24) is 5.32 Å². The van der Waals surface area contributed by atoms with Gasteiger partial charge in [0, 0.05) is 5.56 Å². The van der Waals surface area contributed by atoms with E-state index in [-0.39, 0.29) is 6.04 Å². The SMILES string of the molecule is CCOc1cccc(C(NC)c2ccc(C)cc2OC)c1. The molecule has 112 valence electrons. The maximum atomic E-state index is 5.59. The first-order chi connectivity index (χ1) is 10.2. The van der Waals surface area contributed by atoms with E-state index in [1.165, 1.54) is 5.56 Å². The van der Waals surface area contributed by atoms with Crippen molar-refractivity contribution in [3.05, 3.63) is 59.2 Å². The molecule has 3 nitrogen and oxygen atoms in total. The summed E-state index contributed by atoms with van der Waals surface area (Å²) in [5.74, 6) is 1.79. The smallest absolute Gasteiger partial charge is 0.124 e. The number of nitrogens with one attached hydrogen (secondary N) is 1. The minimum atomic E-state index is 0.0703. The van der Waals surface area contributed by atoms with Crippen LogP contribution in [0.3, 0.4) is 0 Å². The van der Waals surface area contributed by atoms with Crippen molar-refractivity contribution in [2.75, 3.05) is 20.8 Å². The lowest BCUT2D eigenvalue weighted by Gasteiger charge is -2.21. The van der Waals surface area contributed by atoms with Crippen molar-refractivity contribution in [2.24, 2.45) is 0 Å². The fourth-order valence-electron chi connectivity index (χ4n) is 2.51. The zero-order chi connectivity index (χ0) is 15.2. The molecule has 0 heterocycles. The molecular weight excluding hydrogens is 262 g/mol. The molecule has 0 saturated carbocycles. The van der Waals surface area contributed by atoms with Gasteiger partial charge >= 0.3 is 0 Å². The summed E-state index contributed by atoms with van der Waals surface area (Å²) in [4.78, 5) is 0. The number of methoxy groups -OCH3 is 1. The van der Waals surface area contributed by atoms with E-state index >= 15 is 0 Å². The number of benzene rings is 2. The Hall–Kier alpha value is -2.00. The van der Waals surface area contributed by atoms with Gasteiger partial charge in [-0.25, -0.2) is 0 Å². The highest BCUT2D eigenvalue weighted by molar-refractivity contribution is 5.45. The van der Waals surface area contributed by atoms with Crippen LogP contribution < -0.4 is 14.8 Å². The topological polar surface area (TPSA) is 30.5 Å². The third kappa shape index (κ3) is 3.56. The van der Waals surface area contributed by atoms with Crippen LogP contribution in [-0.4, -0.2) is 20.8 Å². The minimum Gasteiger partial charge on any atom is -0.496 e. The highest BCUT2D eigenvalue weighted by Crippen LogP contribution is 2.32. The quantitative estimate of drug-likeness (QED) is 0.877. The summed E-state index contributed by atoms with van der Waals surface area (Å²) >= 11 is 0. The first kappa shape index (κ1) is 15.4. The molecule has 0 aromatic heterocycles. The Bertz CT molecular complexity index is 596. The molecule has 0 radical (unpaired) electrons. The van der Waals surface area contributed by atoms with Gasteiger partial charge in [0.15, 0.2) is 0 Å². The molecule has 0 aliphatic rings. The molecule has 0 saturated heterocycles. The average molecular weight is 285 g/mol. The summed E-state index contributed by atoms with van der Waals surface area (Å²) in [6.07, 6.45) is 0. The Morgan fingerprint density at radius 1 is 1.14 bits per heavy atom. The lowest BCUT2D eigenvalue weighted by atomic mass is 9.96. The zero-order valence-corrected chi connectivity index (χ0v) is 13.1. The van der Waals surface area contributed by atoms with E-state index in [1.807, 2.05) is 26.1 Å². The van der Waals surface area contributed by atoms with Crippen molar-refractivity contribution in [3.8, 4) is 11.5 Å². The van der Waals surface area contributed by atoms with Crippen LogP contribution in [0.1, 0.15) is 29.7 Å². The van der Waals surface area contributed by atoms with Crippen LogP contribution in [0.4, 0.5) is 0 Å². The fraction of sp³-hybridized carbons (Fsp3) is 0.333. The Balaban J connectivity index is 2.42. The van der Waals surface area contributed by atoms with Crippen molar-refractivity contribution >= 4 is 0 Å². The molecule has 0 aliphatic heterocycles. The molecule has 21 heavy (non-hydrogen) atoms. The molecule has 2 aromatic rings. The summed E-state index contributed by atoms with van der Waals surface area (Å²) in [7, 11) is 3.67. The van der Waals surface area contributed by atoms with E-state index in [2.05, 4.69) is 42.6 Å². The Morgan fingerprint density at radius 2 is 1.95 bits per heavy atom. The van der Waals surface area contributed by atoms with Gasteiger partial charge in [-0.3, -0.25) is 0 Å². The molecule has 3 heteroatoms. The molecule has 0 fully saturated rings. The lowest BCUT2D eigenvalue weighted by Crippen LogP contribution is -2.18. The van der Waals surface area contributed by atoms with Gasteiger partial charge in [-0.05, 0) is 50.2 Å². The second-order valence-corrected chi connectivity index (χ2v) is 4.97. The second-order valence-electron chi connectivity index (χ2n) is 4.97. The molecule has 1 atom stereocenters. The Morgan fingerprint density at radius 3 is 2.62 bits per heavy atom. The fourth-order valence-corrected chi connectivity index (χ4v) is 2.51. The maximum absolute atomic E-state index is 5.59. The van der Waals surface area contributed by atoms with E-state index in [9.17, 15) is 0 Å². The zero-order valence-electron chi connectivity index (χ0n) is 13.1. The Labute approximate surface area is 126 Å². The number of aryl methyl sites for hydroxylation is 1. The first-order valence-electron chi connectivity index (χ1n) is 7.24. The van der Waals surface area contributed by atoms with Gasteiger partial charge in [0.1, 0.15) is 11.5 Å². The highest BCUT2D eigenvalue weighted by atomic mass is 16.5. The Kier molecular flexibility index (Phi) is 5.23. The molecule has 2 rings (SSSR count). The van der Waals surface area contributed by atoms with Gasteiger partial charge in [-0.2, -0.15) is 0 Å². The largest absolute Gasteiger partial charge is 0.496 e. The number of ether oxygens (including phenoxy) is 2. The third-order valence-electron chi connectivity index (χ3n) is 3.49. The van der Waals surface area contributed by atoms with Crippen molar-refractivity contribution in [2.45, 2.75) is 19.9 Å². The molecule has 1 N–H and O–H groups in total. The van der Waals surface area contributed by atoms with Gasteiger partial charge in [-0.1, -0.05) is 24.3 Å². The number of hydrogen-bond donors (Lipinski definition) is 1. The molecule has 1 unspecified atom stereocenters. The predicted octanol–water partition coefficient (Wildman–Crippen LogP) is 3.71. The van der Waals surface area contributed by atoms with Crippen LogP contribution in [0.25, 0.3) is 0 Å². The summed E-state index contributed by atoms with van der Waals surface area (Å²) < 4.78 is 11.1. The first-order valence-corrected chi connectivity index (χ1v) is 7.24. The van der Waals surface area contributed by atoms with Crippen LogP contribution in [0.2, 0.25) is 0 Å². The molecule has 0 bridgehead atoms. The molecule has 0 spiro atoms. The van der Waals surface area contributed by atoms with Gasteiger partial charge < -0.3 is 14.8 Å². The summed E-state index contributed by atoms with van der Waals surface area (Å²) in [5, 5.41) is 3.36. The normalized spacial score (nSPS) is 12.0. The van der Waals surface area contributed by atoms with Crippen molar-refractivity contribution in [3.63, 3.8) is 0 Å². The third-order valence-corrected chi connectivity index (χ3v) is 3.49. The second kappa shape index (κ2) is 7.14. The van der Waals surface area contributed by atoms with E-state index in [4.69, 9.17) is 9.47 Å². The van der Waals surface area contributed by atoms with Crippen LogP contribution in [0.15, 0.2) is 42.5 Å². The van der Waals surface area contributed by atoms with Crippen LogP contribution in [0.5, 0.6) is 11.5 Å². The van der Waals surface area contributed by atoms with Crippen LogP contribution in [0, 0.1) is 6.92 Å². The van der Waals surface area contributed by atoms with Crippen molar-refractivity contribution < 1.29 is 9.47 Å². The van der Waals surface area contributed by atoms with Gasteiger partial charge in [0.2, 0.25) is 0 Å². The van der Waals surface area contributed by atoms with Crippen molar-refractivity contribution in [1.29, 1.82) is 0 Å². The molecular formula is C18H23NO2. The number of rotatable bonds is 6. The molecule has 2 aromatic carbocycles. The summed E-state index contributed by atoms with van der Waals surface area (Å²) in [5.41, 5.74) is 3.47. The van der Waals surface area contributed by atoms with E-state index < -0.39 is 0 Å². The van der Waals surface area contributed by atoms with Gasteiger partial charge in [0.05, 0.1) is 19.8 Å². The average Bonchev–Trinajstić information content (AvgIpc) is 2.50. The standard InChI is InChI=1S/C18H23NO2/c1-5-21-15-8-6-7-14(12-15)18(19-3)16-10-9-13(2)11-17(16)20-4/h6-12,18-19H,5H2,1-4H3. The van der Waals surface area contributed by atoms with E-state index in [1.54, 1.807) is 7.11 Å². The number of hydrogen-bond acceptors (Lipinski definition) is 3. The molecule has 0 amide bonds. The van der Waals surface area contributed by atoms with Gasteiger partial charge in [0.25, 0.3) is 0 Å². The van der Waals surface area contributed by atoms with E-state index in [0.29, 0.717) is 6.61 Å².